The molecule has 0 spiro atoms. The van der Waals surface area contributed by atoms with E-state index in [0.717, 1.165) is 18.8 Å². The molecule has 2 nitrogen and oxygen atoms in total. The number of rotatable bonds is 5. The van der Waals surface area contributed by atoms with E-state index in [4.69, 9.17) is 23.2 Å². The van der Waals surface area contributed by atoms with Crippen molar-refractivity contribution in [3.8, 4) is 0 Å². The molecule has 0 heterocycles. The highest BCUT2D eigenvalue weighted by molar-refractivity contribution is 6.42. The molecule has 1 N–H and O–H groups in total. The van der Waals surface area contributed by atoms with Gasteiger partial charge in [0, 0.05) is 31.5 Å². The largest absolute Gasteiger partial charge is 0.383 e. The van der Waals surface area contributed by atoms with Crippen LogP contribution in [0.25, 0.3) is 0 Å². The molecule has 0 fully saturated rings. The first-order chi connectivity index (χ1) is 9.16. The molecule has 100 valence electrons. The first-order valence-corrected chi connectivity index (χ1v) is 6.87. The van der Waals surface area contributed by atoms with Crippen molar-refractivity contribution in [2.24, 2.45) is 0 Å². The molecule has 0 bridgehead atoms. The molecule has 0 saturated heterocycles. The summed E-state index contributed by atoms with van der Waals surface area (Å²) in [7, 11) is 2.08. The highest BCUT2D eigenvalue weighted by Gasteiger charge is 2.01. The van der Waals surface area contributed by atoms with Crippen LogP contribution in [0, 0.1) is 0 Å². The molecule has 2 aromatic carbocycles. The van der Waals surface area contributed by atoms with Gasteiger partial charge in [0.25, 0.3) is 0 Å². The van der Waals surface area contributed by atoms with E-state index in [1.807, 2.05) is 30.3 Å². The Morgan fingerprint density at radius 3 is 2.42 bits per heavy atom. The third-order valence-electron chi connectivity index (χ3n) is 2.89. The van der Waals surface area contributed by atoms with Crippen LogP contribution in [-0.2, 0) is 0 Å². The van der Waals surface area contributed by atoms with Crippen molar-refractivity contribution >= 4 is 34.6 Å². The fraction of sp³-hybridized carbons (Fsp3) is 0.200. The topological polar surface area (TPSA) is 15.3 Å². The number of hydrogen-bond acceptors (Lipinski definition) is 2. The van der Waals surface area contributed by atoms with Crippen molar-refractivity contribution < 1.29 is 0 Å². The maximum Gasteiger partial charge on any atom is 0.0612 e. The van der Waals surface area contributed by atoms with Gasteiger partial charge in [0.1, 0.15) is 0 Å². The lowest BCUT2D eigenvalue weighted by molar-refractivity contribution is 0.915. The Hall–Kier alpha value is -1.38. The van der Waals surface area contributed by atoms with E-state index < -0.39 is 0 Å². The Morgan fingerprint density at radius 1 is 1.00 bits per heavy atom. The minimum atomic E-state index is 0.572. The molecular weight excluding hydrogens is 279 g/mol. The summed E-state index contributed by atoms with van der Waals surface area (Å²) < 4.78 is 0. The van der Waals surface area contributed by atoms with Crippen molar-refractivity contribution in [3.63, 3.8) is 0 Å². The summed E-state index contributed by atoms with van der Waals surface area (Å²) in [4.78, 5) is 2.20. The van der Waals surface area contributed by atoms with Crippen LogP contribution in [-0.4, -0.2) is 20.1 Å². The Labute approximate surface area is 123 Å². The monoisotopic (exact) mass is 294 g/mol. The fourth-order valence-corrected chi connectivity index (χ4v) is 2.08. The zero-order valence-corrected chi connectivity index (χ0v) is 12.2. The number of likely N-dealkylation sites (N-methyl/N-ethyl adjacent to an activating group) is 1. The zero-order chi connectivity index (χ0) is 13.7. The summed E-state index contributed by atoms with van der Waals surface area (Å²) in [5.74, 6) is 0. The lowest BCUT2D eigenvalue weighted by atomic mass is 10.3. The van der Waals surface area contributed by atoms with E-state index in [2.05, 4.69) is 29.4 Å². The number of hydrogen-bond donors (Lipinski definition) is 1. The van der Waals surface area contributed by atoms with Crippen LogP contribution in [0.2, 0.25) is 10.0 Å². The second-order valence-electron chi connectivity index (χ2n) is 4.31. The van der Waals surface area contributed by atoms with Crippen LogP contribution < -0.4 is 10.2 Å². The van der Waals surface area contributed by atoms with Crippen LogP contribution in [0.3, 0.4) is 0 Å². The molecular formula is C15H16Cl2N2. The van der Waals surface area contributed by atoms with Gasteiger partial charge in [0.15, 0.2) is 0 Å². The van der Waals surface area contributed by atoms with Gasteiger partial charge in [-0.3, -0.25) is 0 Å². The van der Waals surface area contributed by atoms with Crippen LogP contribution in [0.4, 0.5) is 11.4 Å². The Balaban J connectivity index is 1.85. The summed E-state index contributed by atoms with van der Waals surface area (Å²) in [6.45, 7) is 1.74. The van der Waals surface area contributed by atoms with E-state index in [1.54, 1.807) is 6.07 Å². The Kier molecular flexibility index (Phi) is 4.94. The normalized spacial score (nSPS) is 10.3. The minimum absolute atomic E-state index is 0.572. The molecule has 4 heteroatoms. The third kappa shape index (κ3) is 4.05. The van der Waals surface area contributed by atoms with E-state index in [0.29, 0.717) is 10.0 Å². The van der Waals surface area contributed by atoms with Crippen molar-refractivity contribution in [2.75, 3.05) is 30.4 Å². The summed E-state index contributed by atoms with van der Waals surface area (Å²) >= 11 is 11.8. The average molecular weight is 295 g/mol. The van der Waals surface area contributed by atoms with Crippen molar-refractivity contribution in [3.05, 3.63) is 58.6 Å². The van der Waals surface area contributed by atoms with Crippen molar-refractivity contribution in [1.29, 1.82) is 0 Å². The Bertz CT molecular complexity index is 529. The lowest BCUT2D eigenvalue weighted by Crippen LogP contribution is -2.24. The molecule has 0 aromatic heterocycles. The average Bonchev–Trinajstić information content (AvgIpc) is 2.43. The molecule has 19 heavy (non-hydrogen) atoms. The molecule has 0 saturated carbocycles. The van der Waals surface area contributed by atoms with Gasteiger partial charge in [-0.05, 0) is 30.3 Å². The summed E-state index contributed by atoms with van der Waals surface area (Å²) in [5, 5.41) is 4.48. The van der Waals surface area contributed by atoms with E-state index >= 15 is 0 Å². The standard InChI is InChI=1S/C15H16Cl2N2/c1-19(13-5-3-2-4-6-13)10-9-18-12-7-8-14(16)15(17)11-12/h2-8,11,18H,9-10H2,1H3. The molecule has 0 atom stereocenters. The maximum absolute atomic E-state index is 5.97. The molecule has 0 radical (unpaired) electrons. The number of para-hydroxylation sites is 1. The number of nitrogens with zero attached hydrogens (tertiary/aromatic N) is 1. The molecule has 0 aliphatic heterocycles. The molecule has 2 rings (SSSR count). The molecule has 0 unspecified atom stereocenters. The first-order valence-electron chi connectivity index (χ1n) is 6.12. The smallest absolute Gasteiger partial charge is 0.0612 e. The second-order valence-corrected chi connectivity index (χ2v) is 5.13. The van der Waals surface area contributed by atoms with Gasteiger partial charge in [-0.1, -0.05) is 41.4 Å². The molecule has 0 amide bonds. The second kappa shape index (κ2) is 6.69. The van der Waals surface area contributed by atoms with Crippen LogP contribution >= 0.6 is 23.2 Å². The van der Waals surface area contributed by atoms with Gasteiger partial charge < -0.3 is 10.2 Å². The fourth-order valence-electron chi connectivity index (χ4n) is 1.79. The number of halogens is 2. The minimum Gasteiger partial charge on any atom is -0.383 e. The predicted octanol–water partition coefficient (Wildman–Crippen LogP) is 4.54. The summed E-state index contributed by atoms with van der Waals surface area (Å²) in [5.41, 5.74) is 2.19. The van der Waals surface area contributed by atoms with Gasteiger partial charge in [0.05, 0.1) is 10.0 Å². The number of nitrogens with one attached hydrogen (secondary N) is 1. The summed E-state index contributed by atoms with van der Waals surface area (Å²) in [6.07, 6.45) is 0. The van der Waals surface area contributed by atoms with Gasteiger partial charge in [-0.25, -0.2) is 0 Å². The van der Waals surface area contributed by atoms with Gasteiger partial charge >= 0.3 is 0 Å². The van der Waals surface area contributed by atoms with E-state index in [-0.39, 0.29) is 0 Å². The van der Waals surface area contributed by atoms with Gasteiger partial charge in [0.2, 0.25) is 0 Å². The maximum atomic E-state index is 5.97. The quantitative estimate of drug-likeness (QED) is 0.871. The van der Waals surface area contributed by atoms with Crippen molar-refractivity contribution in [2.45, 2.75) is 0 Å². The van der Waals surface area contributed by atoms with Crippen LogP contribution in [0.5, 0.6) is 0 Å². The van der Waals surface area contributed by atoms with Crippen LogP contribution in [0.15, 0.2) is 48.5 Å². The number of anilines is 2. The SMILES string of the molecule is CN(CCNc1ccc(Cl)c(Cl)c1)c1ccccc1. The van der Waals surface area contributed by atoms with E-state index in [1.165, 1.54) is 5.69 Å². The molecule has 0 aliphatic rings. The van der Waals surface area contributed by atoms with Gasteiger partial charge in [-0.15, -0.1) is 0 Å². The first kappa shape index (κ1) is 14.0. The van der Waals surface area contributed by atoms with Crippen LogP contribution in [0.1, 0.15) is 0 Å². The van der Waals surface area contributed by atoms with E-state index in [9.17, 15) is 0 Å². The Morgan fingerprint density at radius 2 is 1.74 bits per heavy atom. The third-order valence-corrected chi connectivity index (χ3v) is 3.63. The molecule has 2 aromatic rings. The van der Waals surface area contributed by atoms with Crippen molar-refractivity contribution in [1.82, 2.24) is 0 Å². The highest BCUT2D eigenvalue weighted by atomic mass is 35.5. The lowest BCUT2D eigenvalue weighted by Gasteiger charge is -2.19. The predicted molar refractivity (Wildman–Crippen MR) is 84.7 cm³/mol. The highest BCUT2D eigenvalue weighted by Crippen LogP contribution is 2.24. The van der Waals surface area contributed by atoms with Gasteiger partial charge in [-0.2, -0.15) is 0 Å². The molecule has 0 aliphatic carbocycles. The zero-order valence-electron chi connectivity index (χ0n) is 10.7. The number of benzene rings is 2. The summed E-state index contributed by atoms with van der Waals surface area (Å²) in [6, 6.07) is 15.9.